The van der Waals surface area contributed by atoms with E-state index in [0.717, 1.165) is 6.08 Å². The van der Waals surface area contributed by atoms with Crippen molar-refractivity contribution in [1.82, 2.24) is 5.32 Å². The molecule has 0 saturated heterocycles. The molecule has 1 heterocycles. The Kier molecular flexibility index (Phi) is 1.27. The largest absolute Gasteiger partial charge is 0.495 e. The highest BCUT2D eigenvalue weighted by atomic mass is 16.3. The molecule has 0 aromatic heterocycles. The van der Waals surface area contributed by atoms with Crippen LogP contribution in [0.25, 0.3) is 0 Å². The minimum Gasteiger partial charge on any atom is -0.495 e. The van der Waals surface area contributed by atoms with Crippen molar-refractivity contribution in [3.63, 3.8) is 0 Å². The van der Waals surface area contributed by atoms with E-state index in [1.54, 1.807) is 0 Å². The van der Waals surface area contributed by atoms with E-state index in [1.165, 1.54) is 0 Å². The van der Waals surface area contributed by atoms with Crippen molar-refractivity contribution in [3.05, 3.63) is 12.0 Å². The first-order valence-electron chi connectivity index (χ1n) is 2.55. The highest BCUT2D eigenvalue weighted by molar-refractivity contribution is 5.80. The molecule has 6 heteroatoms. The smallest absolute Gasteiger partial charge is 0.239 e. The molecule has 0 radical (unpaired) electrons. The fourth-order valence-electron chi connectivity index (χ4n) is 0.622. The van der Waals surface area contributed by atoms with Crippen LogP contribution in [0, 0.1) is 0 Å². The summed E-state index contributed by atoms with van der Waals surface area (Å²) in [5, 5.41) is 20.0. The van der Waals surface area contributed by atoms with E-state index in [2.05, 4.69) is 10.3 Å². The summed E-state index contributed by atoms with van der Waals surface area (Å²) in [6, 6.07) is 0. The van der Waals surface area contributed by atoms with Gasteiger partial charge in [-0.3, -0.25) is 11.1 Å². The maximum absolute atomic E-state index is 8.95. The fraction of sp³-hybridized carbons (Fsp3) is 0.250. The number of nitrogens with zero attached hydrogens (tertiary/aromatic N) is 1. The second kappa shape index (κ2) is 1.86. The minimum atomic E-state index is -1.89. The Labute approximate surface area is 56.9 Å². The Balaban J connectivity index is 2.88. The molecular formula is C4H8N4O2. The van der Waals surface area contributed by atoms with Crippen LogP contribution in [0.3, 0.4) is 0 Å². The van der Waals surface area contributed by atoms with Crippen LogP contribution in [-0.2, 0) is 0 Å². The van der Waals surface area contributed by atoms with E-state index in [4.69, 9.17) is 21.7 Å². The zero-order valence-corrected chi connectivity index (χ0v) is 5.07. The zero-order chi connectivity index (χ0) is 7.78. The van der Waals surface area contributed by atoms with Crippen LogP contribution in [0.15, 0.2) is 17.0 Å². The van der Waals surface area contributed by atoms with Crippen LogP contribution in [0.5, 0.6) is 0 Å². The number of hydrogen-bond acceptors (Lipinski definition) is 6. The molecule has 0 aromatic rings. The Morgan fingerprint density at radius 1 is 1.70 bits per heavy atom. The lowest BCUT2D eigenvalue weighted by Crippen LogP contribution is -2.46. The van der Waals surface area contributed by atoms with Crippen LogP contribution < -0.4 is 16.8 Å². The molecule has 0 fully saturated rings. The molecule has 56 valence electrons. The summed E-state index contributed by atoms with van der Waals surface area (Å²) in [5.74, 6) is -2.32. The van der Waals surface area contributed by atoms with Crippen molar-refractivity contribution < 1.29 is 10.2 Å². The molecule has 0 amide bonds. The van der Waals surface area contributed by atoms with Gasteiger partial charge in [-0.15, -0.1) is 0 Å². The van der Waals surface area contributed by atoms with E-state index >= 15 is 0 Å². The third kappa shape index (κ3) is 1.36. The topological polar surface area (TPSA) is 117 Å². The Bertz CT molecular complexity index is 187. The molecule has 1 aliphatic heterocycles. The Morgan fingerprint density at radius 3 is 2.70 bits per heavy atom. The maximum Gasteiger partial charge on any atom is 0.239 e. The van der Waals surface area contributed by atoms with Crippen molar-refractivity contribution in [1.29, 1.82) is 0 Å². The molecule has 1 rings (SSSR count). The number of hydrogen-bond donors (Lipinski definition) is 5. The number of nitrogens with two attached hydrogens (primary N) is 2. The summed E-state index contributed by atoms with van der Waals surface area (Å²) in [5.41, 5.74) is 10.2. The number of aliphatic hydroxyl groups excluding tert-OH is 1. The lowest BCUT2D eigenvalue weighted by atomic mass is 10.4. The van der Waals surface area contributed by atoms with Gasteiger partial charge in [0.05, 0.1) is 0 Å². The highest BCUT2D eigenvalue weighted by Gasteiger charge is 2.22. The first-order chi connectivity index (χ1) is 4.49. The number of nitrogens with one attached hydrogen (secondary N) is 1. The van der Waals surface area contributed by atoms with Crippen LogP contribution in [0.4, 0.5) is 0 Å². The van der Waals surface area contributed by atoms with Crippen molar-refractivity contribution in [2.45, 2.75) is 5.85 Å². The van der Waals surface area contributed by atoms with Gasteiger partial charge in [0.2, 0.25) is 5.85 Å². The molecule has 0 saturated carbocycles. The average molecular weight is 144 g/mol. The van der Waals surface area contributed by atoms with Crippen LogP contribution >= 0.6 is 0 Å². The van der Waals surface area contributed by atoms with Gasteiger partial charge >= 0.3 is 0 Å². The molecule has 6 nitrogen and oxygen atoms in total. The average Bonchev–Trinajstić information content (AvgIpc) is 1.54. The molecule has 1 atom stereocenters. The molecule has 1 aliphatic rings. The van der Waals surface area contributed by atoms with Crippen LogP contribution in [-0.4, -0.2) is 22.0 Å². The van der Waals surface area contributed by atoms with Crippen LogP contribution in [0.2, 0.25) is 0 Å². The number of aliphatic hydroxyl groups is 2. The minimum absolute atomic E-state index is 0.120. The fourth-order valence-corrected chi connectivity index (χ4v) is 0.622. The van der Waals surface area contributed by atoms with Gasteiger partial charge in [-0.25, -0.2) is 0 Å². The SMILES string of the molecule is NC1=NC(N)(O)C=C(O)N1. The van der Waals surface area contributed by atoms with Gasteiger partial charge in [0.25, 0.3) is 0 Å². The lowest BCUT2D eigenvalue weighted by molar-refractivity contribution is 0.0999. The van der Waals surface area contributed by atoms with Gasteiger partial charge in [0, 0.05) is 6.08 Å². The molecule has 7 N–H and O–H groups in total. The highest BCUT2D eigenvalue weighted by Crippen LogP contribution is 2.04. The van der Waals surface area contributed by atoms with Crippen molar-refractivity contribution in [2.75, 3.05) is 0 Å². The van der Waals surface area contributed by atoms with E-state index < -0.39 is 5.85 Å². The quantitative estimate of drug-likeness (QED) is 0.250. The third-order valence-corrected chi connectivity index (χ3v) is 0.905. The summed E-state index contributed by atoms with van der Waals surface area (Å²) >= 11 is 0. The maximum atomic E-state index is 8.95. The summed E-state index contributed by atoms with van der Waals surface area (Å²) in [4.78, 5) is 3.35. The second-order valence-electron chi connectivity index (χ2n) is 1.93. The molecule has 0 spiro atoms. The summed E-state index contributed by atoms with van der Waals surface area (Å²) in [7, 11) is 0. The van der Waals surface area contributed by atoms with Gasteiger partial charge in [-0.2, -0.15) is 4.99 Å². The van der Waals surface area contributed by atoms with Crippen LogP contribution in [0.1, 0.15) is 0 Å². The van der Waals surface area contributed by atoms with Gasteiger partial charge in [0.15, 0.2) is 11.8 Å². The van der Waals surface area contributed by atoms with E-state index in [-0.39, 0.29) is 11.8 Å². The van der Waals surface area contributed by atoms with E-state index in [1.807, 2.05) is 0 Å². The first kappa shape index (κ1) is 6.84. The van der Waals surface area contributed by atoms with Crippen molar-refractivity contribution >= 4 is 5.96 Å². The van der Waals surface area contributed by atoms with Gasteiger partial charge in [-0.05, 0) is 0 Å². The van der Waals surface area contributed by atoms with Gasteiger partial charge in [0.1, 0.15) is 0 Å². The normalized spacial score (nSPS) is 32.2. The van der Waals surface area contributed by atoms with Crippen molar-refractivity contribution in [3.8, 4) is 0 Å². The zero-order valence-electron chi connectivity index (χ0n) is 5.07. The molecular weight excluding hydrogens is 136 g/mol. The molecule has 0 aromatic carbocycles. The number of aliphatic imine (C=N–C) groups is 1. The van der Waals surface area contributed by atoms with Crippen molar-refractivity contribution in [2.24, 2.45) is 16.5 Å². The molecule has 10 heavy (non-hydrogen) atoms. The standard InChI is InChI=1S/C4H8N4O2/c5-3-7-2(9)1-4(6,10)8-3/h1,9-10H,6H2,(H3,5,7,8). The second-order valence-corrected chi connectivity index (χ2v) is 1.93. The Hall–Kier alpha value is -1.27. The summed E-state index contributed by atoms with van der Waals surface area (Å²) in [6.07, 6.45) is 0.934. The van der Waals surface area contributed by atoms with E-state index in [9.17, 15) is 0 Å². The number of guanidine groups is 1. The molecule has 0 aliphatic carbocycles. The predicted molar refractivity (Wildman–Crippen MR) is 34.6 cm³/mol. The molecule has 0 bridgehead atoms. The summed E-state index contributed by atoms with van der Waals surface area (Å²) < 4.78 is 0. The Morgan fingerprint density at radius 2 is 2.30 bits per heavy atom. The van der Waals surface area contributed by atoms with Gasteiger partial charge in [-0.1, -0.05) is 0 Å². The lowest BCUT2D eigenvalue weighted by Gasteiger charge is -2.19. The third-order valence-electron chi connectivity index (χ3n) is 0.905. The van der Waals surface area contributed by atoms with Gasteiger partial charge < -0.3 is 15.9 Å². The number of rotatable bonds is 0. The molecule has 1 unspecified atom stereocenters. The summed E-state index contributed by atoms with van der Waals surface area (Å²) in [6.45, 7) is 0. The first-order valence-corrected chi connectivity index (χ1v) is 2.55. The monoisotopic (exact) mass is 144 g/mol. The van der Waals surface area contributed by atoms with E-state index in [0.29, 0.717) is 0 Å². The predicted octanol–water partition coefficient (Wildman–Crippen LogP) is -2.09.